The van der Waals surface area contributed by atoms with Gasteiger partial charge in [-0.3, -0.25) is 0 Å². The van der Waals surface area contributed by atoms with Crippen LogP contribution in [0.5, 0.6) is 0 Å². The normalized spacial score (nSPS) is 10.9. The lowest BCUT2D eigenvalue weighted by Crippen LogP contribution is -2.04. The number of aromatic nitrogens is 3. The largest absolute Gasteiger partial charge is 0.477 e. The smallest absolute Gasteiger partial charge is 0.341 e. The SMILES string of the molecule is COCc1cc(C)nc2c(C(=O)O)cnn12. The first kappa shape index (κ1) is 10.6. The first-order chi connectivity index (χ1) is 7.63. The molecule has 0 amide bonds. The fourth-order valence-electron chi connectivity index (χ4n) is 1.56. The second kappa shape index (κ2) is 3.90. The summed E-state index contributed by atoms with van der Waals surface area (Å²) >= 11 is 0. The van der Waals surface area contributed by atoms with Gasteiger partial charge >= 0.3 is 5.97 Å². The third-order valence-corrected chi connectivity index (χ3v) is 2.20. The van der Waals surface area contributed by atoms with Crippen LogP contribution < -0.4 is 0 Å². The van der Waals surface area contributed by atoms with E-state index in [4.69, 9.17) is 9.84 Å². The number of ether oxygens (including phenoxy) is 1. The summed E-state index contributed by atoms with van der Waals surface area (Å²) in [4.78, 5) is 15.1. The number of fused-ring (bicyclic) bond motifs is 1. The van der Waals surface area contributed by atoms with Crippen LogP contribution in [-0.2, 0) is 11.3 Å². The van der Waals surface area contributed by atoms with Gasteiger partial charge in [0.05, 0.1) is 18.5 Å². The Morgan fingerprint density at radius 2 is 2.38 bits per heavy atom. The van der Waals surface area contributed by atoms with Gasteiger partial charge < -0.3 is 9.84 Å². The second-order valence-corrected chi connectivity index (χ2v) is 3.42. The van der Waals surface area contributed by atoms with Crippen molar-refractivity contribution in [1.82, 2.24) is 14.6 Å². The van der Waals surface area contributed by atoms with E-state index in [1.165, 1.54) is 10.7 Å². The lowest BCUT2D eigenvalue weighted by Gasteiger charge is -2.04. The van der Waals surface area contributed by atoms with Crippen LogP contribution in [0, 0.1) is 6.92 Å². The van der Waals surface area contributed by atoms with Crippen LogP contribution in [0.15, 0.2) is 12.3 Å². The van der Waals surface area contributed by atoms with Crippen molar-refractivity contribution >= 4 is 11.6 Å². The Morgan fingerprint density at radius 1 is 1.62 bits per heavy atom. The van der Waals surface area contributed by atoms with E-state index in [1.54, 1.807) is 14.0 Å². The van der Waals surface area contributed by atoms with E-state index in [-0.39, 0.29) is 5.56 Å². The third-order valence-electron chi connectivity index (χ3n) is 2.20. The van der Waals surface area contributed by atoms with Gasteiger partial charge in [-0.25, -0.2) is 14.3 Å². The van der Waals surface area contributed by atoms with Gasteiger partial charge in [0.25, 0.3) is 0 Å². The summed E-state index contributed by atoms with van der Waals surface area (Å²) < 4.78 is 6.51. The molecule has 2 aromatic rings. The summed E-state index contributed by atoms with van der Waals surface area (Å²) in [7, 11) is 1.57. The minimum atomic E-state index is -1.03. The minimum absolute atomic E-state index is 0.0982. The van der Waals surface area contributed by atoms with Crippen molar-refractivity contribution in [1.29, 1.82) is 0 Å². The van der Waals surface area contributed by atoms with E-state index in [0.717, 1.165) is 11.4 Å². The van der Waals surface area contributed by atoms with E-state index in [1.807, 2.05) is 6.07 Å². The zero-order valence-electron chi connectivity index (χ0n) is 8.97. The van der Waals surface area contributed by atoms with Gasteiger partial charge in [-0.05, 0) is 13.0 Å². The molecule has 16 heavy (non-hydrogen) atoms. The summed E-state index contributed by atoms with van der Waals surface area (Å²) in [6.07, 6.45) is 1.29. The van der Waals surface area contributed by atoms with Gasteiger partial charge in [0, 0.05) is 12.8 Å². The average Bonchev–Trinajstić information content (AvgIpc) is 2.61. The van der Waals surface area contributed by atoms with Crippen LogP contribution in [0.25, 0.3) is 5.65 Å². The molecule has 84 valence electrons. The monoisotopic (exact) mass is 221 g/mol. The second-order valence-electron chi connectivity index (χ2n) is 3.42. The fourth-order valence-corrected chi connectivity index (χ4v) is 1.56. The molecule has 0 spiro atoms. The van der Waals surface area contributed by atoms with Crippen molar-refractivity contribution in [3.05, 3.63) is 29.2 Å². The molecule has 2 aromatic heterocycles. The quantitative estimate of drug-likeness (QED) is 0.832. The fraction of sp³-hybridized carbons (Fsp3) is 0.300. The van der Waals surface area contributed by atoms with Gasteiger partial charge in [-0.2, -0.15) is 5.10 Å². The summed E-state index contributed by atoms with van der Waals surface area (Å²) in [6.45, 7) is 2.17. The maximum absolute atomic E-state index is 10.9. The average molecular weight is 221 g/mol. The molecular weight excluding hydrogens is 210 g/mol. The number of rotatable bonds is 3. The highest BCUT2D eigenvalue weighted by atomic mass is 16.5. The predicted octanol–water partition coefficient (Wildman–Crippen LogP) is 0.882. The number of carbonyl (C=O) groups is 1. The first-order valence-electron chi connectivity index (χ1n) is 4.70. The summed E-state index contributed by atoms with van der Waals surface area (Å²) in [5, 5.41) is 13.0. The molecule has 2 heterocycles. The van der Waals surface area contributed by atoms with Crippen molar-refractivity contribution < 1.29 is 14.6 Å². The van der Waals surface area contributed by atoms with Gasteiger partial charge in [0.15, 0.2) is 5.65 Å². The third kappa shape index (κ3) is 1.63. The lowest BCUT2D eigenvalue weighted by atomic mass is 10.3. The van der Waals surface area contributed by atoms with Gasteiger partial charge in [0.1, 0.15) is 5.56 Å². The van der Waals surface area contributed by atoms with E-state index in [0.29, 0.717) is 12.3 Å². The van der Waals surface area contributed by atoms with E-state index in [9.17, 15) is 4.79 Å². The Kier molecular flexibility index (Phi) is 2.57. The van der Waals surface area contributed by atoms with Crippen LogP contribution in [0.3, 0.4) is 0 Å². The Labute approximate surface area is 91.5 Å². The Hall–Kier alpha value is -1.95. The van der Waals surface area contributed by atoms with Crippen molar-refractivity contribution in [3.8, 4) is 0 Å². The molecule has 0 fully saturated rings. The highest BCUT2D eigenvalue weighted by Crippen LogP contribution is 2.12. The number of hydrogen-bond donors (Lipinski definition) is 1. The molecular formula is C10H11N3O3. The Balaban J connectivity index is 2.70. The Morgan fingerprint density at radius 3 is 3.00 bits per heavy atom. The highest BCUT2D eigenvalue weighted by molar-refractivity contribution is 5.94. The van der Waals surface area contributed by atoms with Crippen molar-refractivity contribution in [2.24, 2.45) is 0 Å². The molecule has 2 rings (SSSR count). The molecule has 0 unspecified atom stereocenters. The number of carboxylic acids is 1. The van der Waals surface area contributed by atoms with Gasteiger partial charge in [-0.15, -0.1) is 0 Å². The molecule has 6 heteroatoms. The predicted molar refractivity (Wildman–Crippen MR) is 55.4 cm³/mol. The molecule has 1 N–H and O–H groups in total. The van der Waals surface area contributed by atoms with Crippen LogP contribution in [0.4, 0.5) is 0 Å². The van der Waals surface area contributed by atoms with E-state index in [2.05, 4.69) is 10.1 Å². The maximum Gasteiger partial charge on any atom is 0.341 e. The van der Waals surface area contributed by atoms with E-state index >= 15 is 0 Å². The number of carboxylic acid groups (broad SMARTS) is 1. The van der Waals surface area contributed by atoms with Crippen molar-refractivity contribution in [2.45, 2.75) is 13.5 Å². The molecule has 0 aromatic carbocycles. The zero-order chi connectivity index (χ0) is 11.7. The summed E-state index contributed by atoms with van der Waals surface area (Å²) in [6, 6.07) is 1.81. The molecule has 0 saturated heterocycles. The molecule has 0 atom stereocenters. The molecule has 0 saturated carbocycles. The topological polar surface area (TPSA) is 76.7 Å². The molecule has 0 bridgehead atoms. The zero-order valence-corrected chi connectivity index (χ0v) is 8.97. The van der Waals surface area contributed by atoms with Gasteiger partial charge in [0.2, 0.25) is 0 Å². The van der Waals surface area contributed by atoms with Gasteiger partial charge in [-0.1, -0.05) is 0 Å². The molecule has 0 radical (unpaired) electrons. The number of methoxy groups -OCH3 is 1. The maximum atomic E-state index is 10.9. The summed E-state index contributed by atoms with van der Waals surface area (Å²) in [5.74, 6) is -1.03. The summed E-state index contributed by atoms with van der Waals surface area (Å²) in [5.41, 5.74) is 1.96. The molecule has 0 aliphatic heterocycles. The van der Waals surface area contributed by atoms with E-state index < -0.39 is 5.97 Å². The molecule has 0 aliphatic rings. The molecule has 6 nitrogen and oxygen atoms in total. The van der Waals surface area contributed by atoms with Crippen LogP contribution >= 0.6 is 0 Å². The number of aromatic carboxylic acids is 1. The van der Waals surface area contributed by atoms with Crippen LogP contribution in [-0.4, -0.2) is 32.8 Å². The Bertz CT molecular complexity index is 547. The van der Waals surface area contributed by atoms with Crippen molar-refractivity contribution in [2.75, 3.05) is 7.11 Å². The van der Waals surface area contributed by atoms with Crippen LogP contribution in [0.1, 0.15) is 21.7 Å². The van der Waals surface area contributed by atoms with Crippen molar-refractivity contribution in [3.63, 3.8) is 0 Å². The van der Waals surface area contributed by atoms with Crippen LogP contribution in [0.2, 0.25) is 0 Å². The highest BCUT2D eigenvalue weighted by Gasteiger charge is 2.14. The lowest BCUT2D eigenvalue weighted by molar-refractivity contribution is 0.0698. The minimum Gasteiger partial charge on any atom is -0.477 e. The number of hydrogen-bond acceptors (Lipinski definition) is 4. The first-order valence-corrected chi connectivity index (χ1v) is 4.70. The standard InChI is InChI=1S/C10H11N3O3/c1-6-3-7(5-16-2)13-9(12-6)8(4-11-13)10(14)15/h3-4H,5H2,1-2H3,(H,14,15). The number of aryl methyl sites for hydroxylation is 1. The molecule has 0 aliphatic carbocycles. The number of nitrogens with zero attached hydrogens (tertiary/aromatic N) is 3.